The molecule has 4 aromatic rings. The normalized spacial score (nSPS) is 13.4. The standard InChI is InChI=1S/C26H24N4O3/c1-2-32-20-9-5-17(6-10-20)22-11-7-19(14-23(22)33-21-15-27-16-21)26(31)30-24-12-8-18-4-3-13-28-25(18)29-24/h3-14,21,27H,2,15-16H2,1H3,(H,28,29,30,31). The number of carbonyl (C=O) groups excluding carboxylic acids is 1. The summed E-state index contributed by atoms with van der Waals surface area (Å²) < 4.78 is 11.8. The summed E-state index contributed by atoms with van der Waals surface area (Å²) in [4.78, 5) is 21.7. The molecule has 1 fully saturated rings. The van der Waals surface area contributed by atoms with Gasteiger partial charge in [0, 0.05) is 35.8 Å². The third-order valence-corrected chi connectivity index (χ3v) is 5.46. The van der Waals surface area contributed by atoms with Crippen LogP contribution in [0.5, 0.6) is 11.5 Å². The van der Waals surface area contributed by atoms with Gasteiger partial charge in [-0.1, -0.05) is 12.1 Å². The molecule has 7 heteroatoms. The van der Waals surface area contributed by atoms with E-state index < -0.39 is 0 Å². The van der Waals surface area contributed by atoms with E-state index in [1.165, 1.54) is 0 Å². The van der Waals surface area contributed by atoms with Crippen LogP contribution in [-0.2, 0) is 0 Å². The molecule has 0 radical (unpaired) electrons. The first-order chi connectivity index (χ1) is 16.2. The number of aromatic nitrogens is 2. The van der Waals surface area contributed by atoms with E-state index >= 15 is 0 Å². The zero-order chi connectivity index (χ0) is 22.6. The van der Waals surface area contributed by atoms with Gasteiger partial charge in [-0.3, -0.25) is 4.79 Å². The lowest BCUT2D eigenvalue weighted by Crippen LogP contribution is -2.50. The molecule has 0 atom stereocenters. The smallest absolute Gasteiger partial charge is 0.256 e. The maximum absolute atomic E-state index is 13.0. The number of benzene rings is 2. The topological polar surface area (TPSA) is 85.4 Å². The monoisotopic (exact) mass is 440 g/mol. The molecule has 0 saturated carbocycles. The minimum atomic E-state index is -0.257. The summed E-state index contributed by atoms with van der Waals surface area (Å²) in [7, 11) is 0. The summed E-state index contributed by atoms with van der Waals surface area (Å²) in [5.74, 6) is 1.69. The molecular formula is C26H24N4O3. The molecule has 3 heterocycles. The number of ether oxygens (including phenoxy) is 2. The molecule has 0 bridgehead atoms. The molecule has 0 unspecified atom stereocenters. The van der Waals surface area contributed by atoms with Gasteiger partial charge in [-0.15, -0.1) is 0 Å². The van der Waals surface area contributed by atoms with Crippen LogP contribution in [0.15, 0.2) is 72.9 Å². The largest absolute Gasteiger partial charge is 0.494 e. The van der Waals surface area contributed by atoms with Crippen LogP contribution >= 0.6 is 0 Å². The summed E-state index contributed by atoms with van der Waals surface area (Å²) in [6, 6.07) is 20.8. The molecule has 5 rings (SSSR count). The Morgan fingerprint density at radius 3 is 2.70 bits per heavy atom. The summed E-state index contributed by atoms with van der Waals surface area (Å²) in [5.41, 5.74) is 3.00. The molecule has 1 saturated heterocycles. The number of nitrogens with zero attached hydrogens (tertiary/aromatic N) is 2. The first kappa shape index (κ1) is 20.9. The lowest BCUT2D eigenvalue weighted by Gasteiger charge is -2.29. The van der Waals surface area contributed by atoms with Crippen LogP contribution in [-0.4, -0.2) is 41.7 Å². The van der Waals surface area contributed by atoms with Gasteiger partial charge in [-0.2, -0.15) is 0 Å². The number of fused-ring (bicyclic) bond motifs is 1. The van der Waals surface area contributed by atoms with Gasteiger partial charge >= 0.3 is 0 Å². The summed E-state index contributed by atoms with van der Waals surface area (Å²) in [6.45, 7) is 4.15. The number of nitrogens with one attached hydrogen (secondary N) is 2. The second-order valence-electron chi connectivity index (χ2n) is 7.77. The Balaban J connectivity index is 1.42. The highest BCUT2D eigenvalue weighted by molar-refractivity contribution is 6.04. The number of amides is 1. The van der Waals surface area contributed by atoms with Crippen molar-refractivity contribution in [1.29, 1.82) is 0 Å². The maximum Gasteiger partial charge on any atom is 0.256 e. The van der Waals surface area contributed by atoms with E-state index in [9.17, 15) is 4.79 Å². The number of hydrogen-bond acceptors (Lipinski definition) is 6. The first-order valence-electron chi connectivity index (χ1n) is 11.0. The van der Waals surface area contributed by atoms with Crippen molar-refractivity contribution in [1.82, 2.24) is 15.3 Å². The fourth-order valence-corrected chi connectivity index (χ4v) is 3.63. The minimum absolute atomic E-state index is 0.0815. The van der Waals surface area contributed by atoms with E-state index in [4.69, 9.17) is 9.47 Å². The molecule has 1 aliphatic rings. The lowest BCUT2D eigenvalue weighted by molar-refractivity contribution is 0.102. The Kier molecular flexibility index (Phi) is 5.87. The SMILES string of the molecule is CCOc1ccc(-c2ccc(C(=O)Nc3ccc4cccnc4n3)cc2OC2CNC2)cc1. The fourth-order valence-electron chi connectivity index (χ4n) is 3.63. The van der Waals surface area contributed by atoms with Gasteiger partial charge in [-0.25, -0.2) is 9.97 Å². The van der Waals surface area contributed by atoms with Gasteiger partial charge in [0.25, 0.3) is 5.91 Å². The molecule has 166 valence electrons. The molecule has 1 aliphatic heterocycles. The van der Waals surface area contributed by atoms with Gasteiger partial charge in [-0.05, 0) is 67.1 Å². The minimum Gasteiger partial charge on any atom is -0.494 e. The third kappa shape index (κ3) is 4.63. The highest BCUT2D eigenvalue weighted by Gasteiger charge is 2.21. The van der Waals surface area contributed by atoms with Gasteiger partial charge in [0.1, 0.15) is 23.4 Å². The van der Waals surface area contributed by atoms with Crippen molar-refractivity contribution >= 4 is 22.8 Å². The second kappa shape index (κ2) is 9.26. The van der Waals surface area contributed by atoms with Gasteiger partial charge in [0.2, 0.25) is 0 Å². The highest BCUT2D eigenvalue weighted by Crippen LogP contribution is 2.33. The number of hydrogen-bond donors (Lipinski definition) is 2. The zero-order valence-corrected chi connectivity index (χ0v) is 18.2. The van der Waals surface area contributed by atoms with Crippen molar-refractivity contribution in [3.63, 3.8) is 0 Å². The van der Waals surface area contributed by atoms with E-state index in [1.807, 2.05) is 55.5 Å². The van der Waals surface area contributed by atoms with Crippen LogP contribution in [0.1, 0.15) is 17.3 Å². The molecule has 2 N–H and O–H groups in total. The number of anilines is 1. The molecule has 33 heavy (non-hydrogen) atoms. The van der Waals surface area contributed by atoms with E-state index in [-0.39, 0.29) is 12.0 Å². The van der Waals surface area contributed by atoms with Crippen LogP contribution in [0.4, 0.5) is 5.82 Å². The van der Waals surface area contributed by atoms with Crippen molar-refractivity contribution < 1.29 is 14.3 Å². The number of rotatable bonds is 7. The van der Waals surface area contributed by atoms with Crippen LogP contribution in [0, 0.1) is 0 Å². The summed E-state index contributed by atoms with van der Waals surface area (Å²) in [6.07, 6.45) is 1.76. The Labute approximate surface area is 191 Å². The Morgan fingerprint density at radius 1 is 1.09 bits per heavy atom. The van der Waals surface area contributed by atoms with Crippen LogP contribution in [0.3, 0.4) is 0 Å². The van der Waals surface area contributed by atoms with Gasteiger partial charge in [0.05, 0.1) is 6.61 Å². The van der Waals surface area contributed by atoms with Crippen LogP contribution in [0.2, 0.25) is 0 Å². The number of carbonyl (C=O) groups is 1. The van der Waals surface area contributed by atoms with Crippen LogP contribution < -0.4 is 20.1 Å². The van der Waals surface area contributed by atoms with Crippen LogP contribution in [0.25, 0.3) is 22.2 Å². The highest BCUT2D eigenvalue weighted by atomic mass is 16.5. The van der Waals surface area contributed by atoms with Crippen molar-refractivity contribution in [2.45, 2.75) is 13.0 Å². The van der Waals surface area contributed by atoms with Crippen molar-refractivity contribution in [2.24, 2.45) is 0 Å². The molecule has 1 amide bonds. The predicted octanol–water partition coefficient (Wildman–Crippen LogP) is 4.30. The Hall–Kier alpha value is -3.97. The van der Waals surface area contributed by atoms with Crippen molar-refractivity contribution in [3.8, 4) is 22.6 Å². The molecule has 2 aromatic heterocycles. The average Bonchev–Trinajstić information content (AvgIpc) is 2.82. The predicted molar refractivity (Wildman–Crippen MR) is 128 cm³/mol. The maximum atomic E-state index is 13.0. The Bertz CT molecular complexity index is 1290. The third-order valence-electron chi connectivity index (χ3n) is 5.46. The van der Waals surface area contributed by atoms with Crippen molar-refractivity contribution in [3.05, 3.63) is 78.5 Å². The van der Waals surface area contributed by atoms with E-state index in [1.54, 1.807) is 24.4 Å². The lowest BCUT2D eigenvalue weighted by atomic mass is 10.0. The molecule has 2 aromatic carbocycles. The second-order valence-corrected chi connectivity index (χ2v) is 7.77. The van der Waals surface area contributed by atoms with Gasteiger partial charge < -0.3 is 20.1 Å². The zero-order valence-electron chi connectivity index (χ0n) is 18.2. The first-order valence-corrected chi connectivity index (χ1v) is 11.0. The quantitative estimate of drug-likeness (QED) is 0.446. The van der Waals surface area contributed by atoms with Crippen molar-refractivity contribution in [2.75, 3.05) is 25.0 Å². The van der Waals surface area contributed by atoms with E-state index in [0.717, 1.165) is 35.4 Å². The summed E-state index contributed by atoms with van der Waals surface area (Å²) >= 11 is 0. The number of pyridine rings is 2. The Morgan fingerprint density at radius 2 is 1.94 bits per heavy atom. The molecule has 0 spiro atoms. The van der Waals surface area contributed by atoms with E-state index in [2.05, 4.69) is 20.6 Å². The average molecular weight is 441 g/mol. The molecule has 0 aliphatic carbocycles. The summed E-state index contributed by atoms with van der Waals surface area (Å²) in [5, 5.41) is 6.99. The van der Waals surface area contributed by atoms with Gasteiger partial charge in [0.15, 0.2) is 5.65 Å². The molecule has 7 nitrogen and oxygen atoms in total. The van der Waals surface area contributed by atoms with E-state index in [0.29, 0.717) is 29.4 Å². The molecular weight excluding hydrogens is 416 g/mol. The fraction of sp³-hybridized carbons (Fsp3) is 0.192.